The molecule has 10 heteroatoms. The molecule has 0 aliphatic heterocycles. The fourth-order valence-corrected chi connectivity index (χ4v) is 3.18. The van der Waals surface area contributed by atoms with Crippen LogP contribution in [0.3, 0.4) is 0 Å². The van der Waals surface area contributed by atoms with E-state index in [1.54, 1.807) is 0 Å². The van der Waals surface area contributed by atoms with Crippen molar-refractivity contribution < 1.29 is 28.7 Å². The molecule has 2 atom stereocenters. The largest absolute Gasteiger partial charge is 0.342 e. The summed E-state index contributed by atoms with van der Waals surface area (Å²) in [5, 5.41) is 4.99. The molecule has 0 aliphatic rings. The Morgan fingerprint density at radius 1 is 0.882 bits per heavy atom. The van der Waals surface area contributed by atoms with E-state index >= 15 is 0 Å². The van der Waals surface area contributed by atoms with Crippen molar-refractivity contribution in [3.05, 3.63) is 0 Å². The third kappa shape index (κ3) is 6.64. The van der Waals surface area contributed by atoms with E-state index in [0.29, 0.717) is 6.42 Å². The van der Waals surface area contributed by atoms with Gasteiger partial charge >= 0.3 is 15.2 Å². The normalized spacial score (nSPS) is 16.8. The maximum Gasteiger partial charge on any atom is 0.342 e. The van der Waals surface area contributed by atoms with Crippen LogP contribution in [0.15, 0.2) is 0 Å². The van der Waals surface area contributed by atoms with Gasteiger partial charge in [0.2, 0.25) is 0 Å². The van der Waals surface area contributed by atoms with Crippen molar-refractivity contribution in [3.63, 3.8) is 0 Å². The SMILES string of the molecule is CNC(CCCC(NC)P(=O)(O)O)P(=O)(O)O. The maximum absolute atomic E-state index is 11.0. The summed E-state index contributed by atoms with van der Waals surface area (Å²) in [6.45, 7) is 0. The summed E-state index contributed by atoms with van der Waals surface area (Å²) in [5.74, 6) is -1.95. The van der Waals surface area contributed by atoms with Crippen LogP contribution in [0.1, 0.15) is 19.3 Å². The van der Waals surface area contributed by atoms with Crippen LogP contribution < -0.4 is 10.6 Å². The highest BCUT2D eigenvalue weighted by atomic mass is 31.2. The van der Waals surface area contributed by atoms with Crippen molar-refractivity contribution in [2.75, 3.05) is 14.1 Å². The molecular weight excluding hydrogens is 270 g/mol. The molecule has 8 nitrogen and oxygen atoms in total. The zero-order chi connectivity index (χ0) is 13.7. The second-order valence-electron chi connectivity index (χ2n) is 3.72. The minimum absolute atomic E-state index is 0.152. The highest BCUT2D eigenvalue weighted by molar-refractivity contribution is 7.52. The van der Waals surface area contributed by atoms with Crippen molar-refractivity contribution >= 4 is 15.2 Å². The summed E-state index contributed by atoms with van der Waals surface area (Å²) in [6, 6.07) is 0. The van der Waals surface area contributed by atoms with Gasteiger partial charge in [0, 0.05) is 0 Å². The lowest BCUT2D eigenvalue weighted by molar-refractivity contribution is 0.335. The Labute approximate surface area is 100 Å². The molecule has 0 aromatic carbocycles. The maximum atomic E-state index is 11.0. The van der Waals surface area contributed by atoms with Gasteiger partial charge in [-0.1, -0.05) is 0 Å². The standard InChI is InChI=1S/C7H20N2O6P2/c1-8-6(16(10,11)12)4-3-5-7(9-2)17(13,14)15/h6-9H,3-5H2,1-2H3,(H2,10,11,12)(H2,13,14,15). The predicted molar refractivity (Wildman–Crippen MR) is 63.6 cm³/mol. The summed E-state index contributed by atoms with van der Waals surface area (Å²) in [7, 11) is -5.56. The quantitative estimate of drug-likeness (QED) is 0.332. The Kier molecular flexibility index (Phi) is 7.06. The Morgan fingerprint density at radius 2 is 1.18 bits per heavy atom. The second-order valence-corrected chi connectivity index (χ2v) is 7.32. The molecule has 0 heterocycles. The summed E-state index contributed by atoms with van der Waals surface area (Å²) < 4.78 is 21.9. The molecule has 0 amide bonds. The van der Waals surface area contributed by atoms with Gasteiger partial charge in [-0.2, -0.15) is 0 Å². The van der Waals surface area contributed by atoms with Crippen LogP contribution in [0.5, 0.6) is 0 Å². The van der Waals surface area contributed by atoms with Crippen molar-refractivity contribution in [2.45, 2.75) is 30.8 Å². The molecule has 0 fully saturated rings. The molecule has 0 saturated heterocycles. The highest BCUT2D eigenvalue weighted by Gasteiger charge is 2.29. The average molecular weight is 290 g/mol. The minimum Gasteiger partial charge on any atom is -0.323 e. The van der Waals surface area contributed by atoms with Gasteiger partial charge in [-0.05, 0) is 33.4 Å². The summed E-state index contributed by atoms with van der Waals surface area (Å²) in [6.07, 6.45) is 0.602. The monoisotopic (exact) mass is 290 g/mol. The van der Waals surface area contributed by atoms with Crippen molar-refractivity contribution in [3.8, 4) is 0 Å². The smallest absolute Gasteiger partial charge is 0.323 e. The van der Waals surface area contributed by atoms with Gasteiger partial charge in [-0.25, -0.2) is 0 Å². The van der Waals surface area contributed by atoms with Crippen LogP contribution in [0.25, 0.3) is 0 Å². The van der Waals surface area contributed by atoms with Gasteiger partial charge in [0.05, 0.1) is 0 Å². The van der Waals surface area contributed by atoms with Gasteiger partial charge < -0.3 is 30.2 Å². The number of nitrogens with one attached hydrogen (secondary N) is 2. The Bertz CT molecular complexity index is 283. The van der Waals surface area contributed by atoms with E-state index in [9.17, 15) is 9.13 Å². The van der Waals surface area contributed by atoms with Gasteiger partial charge in [0.1, 0.15) is 11.6 Å². The first-order chi connectivity index (χ1) is 7.62. The molecule has 0 spiro atoms. The third-order valence-electron chi connectivity index (χ3n) is 2.43. The topological polar surface area (TPSA) is 139 Å². The molecule has 0 aromatic rings. The molecule has 0 aromatic heterocycles. The number of hydrogen-bond donors (Lipinski definition) is 6. The molecule has 17 heavy (non-hydrogen) atoms. The van der Waals surface area contributed by atoms with Crippen LogP contribution in [0.2, 0.25) is 0 Å². The van der Waals surface area contributed by atoms with Gasteiger partial charge in [0.15, 0.2) is 0 Å². The number of rotatable bonds is 8. The first-order valence-corrected chi connectivity index (χ1v) is 8.44. The molecule has 104 valence electrons. The van der Waals surface area contributed by atoms with Crippen molar-refractivity contribution in [2.24, 2.45) is 0 Å². The first kappa shape index (κ1) is 17.2. The highest BCUT2D eigenvalue weighted by Crippen LogP contribution is 2.44. The third-order valence-corrected chi connectivity index (χ3v) is 5.09. The minimum atomic E-state index is -4.21. The van der Waals surface area contributed by atoms with E-state index in [2.05, 4.69) is 10.6 Å². The molecule has 6 N–H and O–H groups in total. The lowest BCUT2D eigenvalue weighted by atomic mass is 10.2. The Morgan fingerprint density at radius 3 is 1.35 bits per heavy atom. The lowest BCUT2D eigenvalue weighted by Gasteiger charge is -2.20. The summed E-state index contributed by atoms with van der Waals surface area (Å²) >= 11 is 0. The molecule has 0 saturated carbocycles. The molecule has 0 radical (unpaired) electrons. The molecule has 0 bridgehead atoms. The first-order valence-electron chi connectivity index (χ1n) is 5.08. The van der Waals surface area contributed by atoms with E-state index in [1.807, 2.05) is 0 Å². The van der Waals surface area contributed by atoms with Crippen LogP contribution in [0.4, 0.5) is 0 Å². The van der Waals surface area contributed by atoms with Gasteiger partial charge in [-0.3, -0.25) is 9.13 Å². The molecule has 2 unspecified atom stereocenters. The van der Waals surface area contributed by atoms with E-state index in [1.165, 1.54) is 14.1 Å². The Balaban J connectivity index is 4.22. The van der Waals surface area contributed by atoms with Gasteiger partial charge in [-0.15, -0.1) is 0 Å². The zero-order valence-electron chi connectivity index (χ0n) is 9.78. The fourth-order valence-electron chi connectivity index (χ4n) is 1.47. The fraction of sp³-hybridized carbons (Fsp3) is 1.00. The lowest BCUT2D eigenvalue weighted by Crippen LogP contribution is -2.28. The molecule has 0 rings (SSSR count). The second kappa shape index (κ2) is 6.97. The zero-order valence-corrected chi connectivity index (χ0v) is 11.6. The van der Waals surface area contributed by atoms with E-state index in [4.69, 9.17) is 19.6 Å². The van der Waals surface area contributed by atoms with E-state index < -0.39 is 26.8 Å². The summed E-state index contributed by atoms with van der Waals surface area (Å²) in [5.41, 5.74) is 0. The predicted octanol–water partition coefficient (Wildman–Crippen LogP) is -0.397. The average Bonchev–Trinajstić information content (AvgIpc) is 2.13. The van der Waals surface area contributed by atoms with E-state index in [0.717, 1.165) is 0 Å². The Hall–Kier alpha value is 0.220. The van der Waals surface area contributed by atoms with Crippen molar-refractivity contribution in [1.29, 1.82) is 0 Å². The van der Waals surface area contributed by atoms with E-state index in [-0.39, 0.29) is 12.8 Å². The van der Waals surface area contributed by atoms with Crippen LogP contribution >= 0.6 is 15.2 Å². The molecular formula is C7H20N2O6P2. The van der Waals surface area contributed by atoms with Crippen LogP contribution in [0, 0.1) is 0 Å². The van der Waals surface area contributed by atoms with Gasteiger partial charge in [0.25, 0.3) is 0 Å². The van der Waals surface area contributed by atoms with Crippen molar-refractivity contribution in [1.82, 2.24) is 10.6 Å². The number of hydrogen-bond acceptors (Lipinski definition) is 4. The van der Waals surface area contributed by atoms with Crippen LogP contribution in [-0.2, 0) is 9.13 Å². The molecule has 0 aliphatic carbocycles. The van der Waals surface area contributed by atoms with Crippen LogP contribution in [-0.4, -0.2) is 45.2 Å². The summed E-state index contributed by atoms with van der Waals surface area (Å²) in [4.78, 5) is 35.8.